The molecular formula is C24H24N2O3S. The lowest BCUT2D eigenvalue weighted by Gasteiger charge is -2.11. The molecule has 0 saturated heterocycles. The van der Waals surface area contributed by atoms with E-state index in [0.29, 0.717) is 18.1 Å². The van der Waals surface area contributed by atoms with E-state index in [1.165, 1.54) is 11.8 Å². The summed E-state index contributed by atoms with van der Waals surface area (Å²) in [6.07, 6.45) is 1.58. The molecule has 3 rings (SSSR count). The van der Waals surface area contributed by atoms with Crippen molar-refractivity contribution < 1.29 is 14.3 Å². The van der Waals surface area contributed by atoms with Crippen molar-refractivity contribution in [3.8, 4) is 11.5 Å². The molecule has 154 valence electrons. The van der Waals surface area contributed by atoms with E-state index in [1.54, 1.807) is 13.3 Å². The normalized spacial score (nSPS) is 11.8. The Morgan fingerprint density at radius 1 is 1.03 bits per heavy atom. The molecule has 30 heavy (non-hydrogen) atoms. The van der Waals surface area contributed by atoms with Crippen LogP contribution in [-0.4, -0.2) is 24.5 Å². The molecule has 5 nitrogen and oxygen atoms in total. The number of ether oxygens (including phenoxy) is 2. The first-order valence-corrected chi connectivity index (χ1v) is 10.4. The van der Waals surface area contributed by atoms with Gasteiger partial charge in [-0.05, 0) is 48.4 Å². The lowest BCUT2D eigenvalue weighted by Crippen LogP contribution is -2.26. The molecule has 0 spiro atoms. The molecular weight excluding hydrogens is 396 g/mol. The van der Waals surface area contributed by atoms with Gasteiger partial charge in [-0.2, -0.15) is 5.10 Å². The highest BCUT2D eigenvalue weighted by Crippen LogP contribution is 2.28. The molecule has 0 aliphatic carbocycles. The van der Waals surface area contributed by atoms with Crippen molar-refractivity contribution in [1.29, 1.82) is 0 Å². The van der Waals surface area contributed by atoms with Gasteiger partial charge in [0.1, 0.15) is 6.61 Å². The number of carbonyl (C=O) groups excluding carboxylic acids is 1. The van der Waals surface area contributed by atoms with Crippen molar-refractivity contribution in [2.45, 2.75) is 23.7 Å². The van der Waals surface area contributed by atoms with Crippen molar-refractivity contribution in [3.05, 3.63) is 90.0 Å². The smallest absolute Gasteiger partial charge is 0.253 e. The van der Waals surface area contributed by atoms with Gasteiger partial charge in [-0.3, -0.25) is 4.79 Å². The topological polar surface area (TPSA) is 59.9 Å². The van der Waals surface area contributed by atoms with Gasteiger partial charge in [-0.1, -0.05) is 48.5 Å². The molecule has 0 saturated carbocycles. The van der Waals surface area contributed by atoms with Crippen LogP contribution in [0.1, 0.15) is 18.1 Å². The predicted molar refractivity (Wildman–Crippen MR) is 121 cm³/mol. The average molecular weight is 421 g/mol. The van der Waals surface area contributed by atoms with E-state index in [1.807, 2.05) is 85.8 Å². The van der Waals surface area contributed by atoms with Crippen molar-refractivity contribution in [3.63, 3.8) is 0 Å². The second-order valence-electron chi connectivity index (χ2n) is 6.49. The fourth-order valence-electron chi connectivity index (χ4n) is 2.64. The van der Waals surface area contributed by atoms with Gasteiger partial charge in [-0.25, -0.2) is 5.43 Å². The van der Waals surface area contributed by atoms with Gasteiger partial charge in [0.15, 0.2) is 11.5 Å². The summed E-state index contributed by atoms with van der Waals surface area (Å²) >= 11 is 1.49. The number of carbonyl (C=O) groups is 1. The number of nitrogens with zero attached hydrogens (tertiary/aromatic N) is 1. The highest BCUT2D eigenvalue weighted by Gasteiger charge is 2.13. The first-order chi connectivity index (χ1) is 14.7. The van der Waals surface area contributed by atoms with E-state index in [4.69, 9.17) is 9.47 Å². The summed E-state index contributed by atoms with van der Waals surface area (Å²) in [7, 11) is 1.59. The molecule has 3 aromatic rings. The van der Waals surface area contributed by atoms with Gasteiger partial charge in [0.25, 0.3) is 5.91 Å². The number of thioether (sulfide) groups is 1. The largest absolute Gasteiger partial charge is 0.493 e. The van der Waals surface area contributed by atoms with Crippen LogP contribution in [-0.2, 0) is 11.4 Å². The van der Waals surface area contributed by atoms with Gasteiger partial charge >= 0.3 is 0 Å². The second kappa shape index (κ2) is 11.1. The number of hydrogen-bond donors (Lipinski definition) is 1. The van der Waals surface area contributed by atoms with Crippen LogP contribution < -0.4 is 14.9 Å². The first-order valence-electron chi connectivity index (χ1n) is 9.55. The zero-order chi connectivity index (χ0) is 21.2. The van der Waals surface area contributed by atoms with E-state index in [0.717, 1.165) is 16.0 Å². The summed E-state index contributed by atoms with van der Waals surface area (Å²) in [6.45, 7) is 2.31. The molecule has 0 bridgehead atoms. The number of nitrogens with one attached hydrogen (secondary N) is 1. The molecule has 0 radical (unpaired) electrons. The van der Waals surface area contributed by atoms with Gasteiger partial charge in [-0.15, -0.1) is 11.8 Å². The van der Waals surface area contributed by atoms with Crippen LogP contribution in [0.2, 0.25) is 0 Å². The van der Waals surface area contributed by atoms with Crippen LogP contribution in [0.4, 0.5) is 0 Å². The van der Waals surface area contributed by atoms with Crippen molar-refractivity contribution >= 4 is 23.9 Å². The molecule has 0 heterocycles. The van der Waals surface area contributed by atoms with E-state index >= 15 is 0 Å². The summed E-state index contributed by atoms with van der Waals surface area (Å²) in [5, 5.41) is 3.81. The van der Waals surface area contributed by atoms with Gasteiger partial charge in [0, 0.05) is 4.90 Å². The number of hydrazone groups is 1. The fraction of sp³-hybridized carbons (Fsp3) is 0.167. The van der Waals surface area contributed by atoms with Crippen molar-refractivity contribution in [2.24, 2.45) is 5.10 Å². The Balaban J connectivity index is 1.55. The highest BCUT2D eigenvalue weighted by molar-refractivity contribution is 8.00. The minimum atomic E-state index is -0.257. The van der Waals surface area contributed by atoms with E-state index in [9.17, 15) is 4.79 Å². The molecule has 3 aromatic carbocycles. The predicted octanol–water partition coefficient (Wildman–Crippen LogP) is 4.91. The molecule has 0 fully saturated rings. The lowest BCUT2D eigenvalue weighted by molar-refractivity contribution is -0.120. The third-order valence-corrected chi connectivity index (χ3v) is 5.35. The number of rotatable bonds is 9. The first kappa shape index (κ1) is 21.5. The SMILES string of the molecule is COc1cc(/C=N\NC(=O)[C@H](C)Sc2ccccc2)ccc1OCc1ccccc1. The molecule has 1 N–H and O–H groups in total. The number of methoxy groups -OCH3 is 1. The maximum atomic E-state index is 12.2. The minimum absolute atomic E-state index is 0.158. The number of benzene rings is 3. The average Bonchev–Trinajstić information content (AvgIpc) is 2.79. The molecule has 6 heteroatoms. The van der Waals surface area contributed by atoms with Crippen LogP contribution in [0, 0.1) is 0 Å². The number of amides is 1. The standard InChI is InChI=1S/C24H24N2O3S/c1-18(30-21-11-7-4-8-12-21)24(27)26-25-16-20-13-14-22(23(15-20)28-2)29-17-19-9-5-3-6-10-19/h3-16,18H,17H2,1-2H3,(H,26,27)/b25-16-/t18-/m0/s1. The van der Waals surface area contributed by atoms with E-state index in [2.05, 4.69) is 10.5 Å². The van der Waals surface area contributed by atoms with Crippen molar-refractivity contribution in [2.75, 3.05) is 7.11 Å². The van der Waals surface area contributed by atoms with Crippen LogP contribution in [0.3, 0.4) is 0 Å². The third kappa shape index (κ3) is 6.39. The maximum Gasteiger partial charge on any atom is 0.253 e. The Bertz CT molecular complexity index is 978. The van der Waals surface area contributed by atoms with E-state index in [-0.39, 0.29) is 11.2 Å². The Morgan fingerprint density at radius 3 is 2.43 bits per heavy atom. The van der Waals surface area contributed by atoms with Gasteiger partial charge < -0.3 is 9.47 Å². The highest BCUT2D eigenvalue weighted by atomic mass is 32.2. The lowest BCUT2D eigenvalue weighted by atomic mass is 10.2. The van der Waals surface area contributed by atoms with Crippen LogP contribution >= 0.6 is 11.8 Å². The Hall–Kier alpha value is -3.25. The summed E-state index contributed by atoms with van der Waals surface area (Å²) in [5.74, 6) is 1.10. The molecule has 0 aliphatic heterocycles. The van der Waals surface area contributed by atoms with Crippen LogP contribution in [0.5, 0.6) is 11.5 Å². The summed E-state index contributed by atoms with van der Waals surface area (Å²) < 4.78 is 11.3. The van der Waals surface area contributed by atoms with E-state index < -0.39 is 0 Å². The summed E-state index contributed by atoms with van der Waals surface area (Å²) in [5.41, 5.74) is 4.46. The third-order valence-electron chi connectivity index (χ3n) is 4.24. The Morgan fingerprint density at radius 2 is 1.73 bits per heavy atom. The summed E-state index contributed by atoms with van der Waals surface area (Å²) in [6, 6.07) is 25.3. The number of hydrogen-bond acceptors (Lipinski definition) is 5. The Labute approximate surface area is 181 Å². The molecule has 0 unspecified atom stereocenters. The molecule has 0 aliphatic rings. The maximum absolute atomic E-state index is 12.2. The Kier molecular flexibility index (Phi) is 7.92. The molecule has 1 atom stereocenters. The molecule has 0 aromatic heterocycles. The van der Waals surface area contributed by atoms with Gasteiger partial charge in [0.2, 0.25) is 0 Å². The van der Waals surface area contributed by atoms with Crippen LogP contribution in [0.25, 0.3) is 0 Å². The van der Waals surface area contributed by atoms with Crippen LogP contribution in [0.15, 0.2) is 88.9 Å². The molecule has 1 amide bonds. The van der Waals surface area contributed by atoms with Gasteiger partial charge in [0.05, 0.1) is 18.6 Å². The zero-order valence-corrected chi connectivity index (χ0v) is 17.8. The second-order valence-corrected chi connectivity index (χ2v) is 7.91. The quantitative estimate of drug-likeness (QED) is 0.304. The minimum Gasteiger partial charge on any atom is -0.493 e. The van der Waals surface area contributed by atoms with Crippen molar-refractivity contribution in [1.82, 2.24) is 5.43 Å². The summed E-state index contributed by atoms with van der Waals surface area (Å²) in [4.78, 5) is 13.3. The monoisotopic (exact) mass is 420 g/mol. The zero-order valence-electron chi connectivity index (χ0n) is 16.9. The fourth-order valence-corrected chi connectivity index (χ4v) is 3.52.